The molecule has 9 heteroatoms. The van der Waals surface area contributed by atoms with Gasteiger partial charge in [-0.25, -0.2) is 0 Å². The first-order valence-corrected chi connectivity index (χ1v) is 12.7. The molecule has 190 valence electrons. The molecule has 1 aromatic heterocycles. The van der Waals surface area contributed by atoms with Crippen molar-refractivity contribution < 1.29 is 9.59 Å². The number of nitrogens with one attached hydrogen (secondary N) is 2. The summed E-state index contributed by atoms with van der Waals surface area (Å²) in [6, 6.07) is 15.3. The number of rotatable bonds is 6. The van der Waals surface area contributed by atoms with Crippen molar-refractivity contribution in [2.45, 2.75) is 50.7 Å². The summed E-state index contributed by atoms with van der Waals surface area (Å²) in [6.07, 6.45) is 2.36. The molecular formula is C27H31Cl2N5O2. The van der Waals surface area contributed by atoms with Crippen LogP contribution in [0.1, 0.15) is 50.4 Å². The molecule has 1 aliphatic rings. The van der Waals surface area contributed by atoms with Crippen molar-refractivity contribution in [2.75, 3.05) is 18.9 Å². The summed E-state index contributed by atoms with van der Waals surface area (Å²) >= 11 is 12.5. The third kappa shape index (κ3) is 5.59. The fraction of sp³-hybridized carbons (Fsp3) is 0.370. The first-order chi connectivity index (χ1) is 17.1. The minimum absolute atomic E-state index is 0.0984. The third-order valence-electron chi connectivity index (χ3n) is 6.37. The van der Waals surface area contributed by atoms with Crippen molar-refractivity contribution in [2.24, 2.45) is 0 Å². The molecular weight excluding hydrogens is 497 g/mol. The van der Waals surface area contributed by atoms with E-state index in [1.54, 1.807) is 42.3 Å². The number of amides is 2. The topological polar surface area (TPSA) is 79.3 Å². The van der Waals surface area contributed by atoms with Crippen molar-refractivity contribution in [3.63, 3.8) is 0 Å². The highest BCUT2D eigenvalue weighted by atomic mass is 35.5. The van der Waals surface area contributed by atoms with E-state index >= 15 is 0 Å². The number of anilines is 1. The molecule has 0 spiro atoms. The second-order valence-corrected chi connectivity index (χ2v) is 10.9. The number of halogens is 2. The number of likely N-dealkylation sites (N-methyl/N-ethyl adjacent to an activating group) is 1. The minimum Gasteiger partial charge on any atom is -0.324 e. The lowest BCUT2D eigenvalue weighted by Crippen LogP contribution is -2.47. The van der Waals surface area contributed by atoms with Gasteiger partial charge in [-0.2, -0.15) is 5.10 Å². The van der Waals surface area contributed by atoms with E-state index < -0.39 is 12.1 Å². The number of hydrogen-bond acceptors (Lipinski definition) is 4. The van der Waals surface area contributed by atoms with Gasteiger partial charge in [0.25, 0.3) is 0 Å². The van der Waals surface area contributed by atoms with E-state index in [-0.39, 0.29) is 29.8 Å². The first kappa shape index (κ1) is 26.2. The van der Waals surface area contributed by atoms with Crippen LogP contribution in [-0.2, 0) is 15.1 Å². The highest BCUT2D eigenvalue weighted by Crippen LogP contribution is 2.47. The van der Waals surface area contributed by atoms with Gasteiger partial charge in [0.15, 0.2) is 0 Å². The number of carbonyl (C=O) groups is 2. The van der Waals surface area contributed by atoms with Gasteiger partial charge >= 0.3 is 0 Å². The zero-order chi connectivity index (χ0) is 26.0. The van der Waals surface area contributed by atoms with Crippen LogP contribution in [0, 0.1) is 0 Å². The first-order valence-electron chi connectivity index (χ1n) is 11.9. The van der Waals surface area contributed by atoms with Crippen molar-refractivity contribution in [3.05, 3.63) is 82.1 Å². The van der Waals surface area contributed by atoms with Crippen LogP contribution >= 0.6 is 23.2 Å². The maximum Gasteiger partial charge on any atom is 0.247 e. The summed E-state index contributed by atoms with van der Waals surface area (Å²) in [5.74, 6) is -0.652. The van der Waals surface area contributed by atoms with Crippen LogP contribution < -0.4 is 10.6 Å². The Morgan fingerprint density at radius 1 is 1.06 bits per heavy atom. The highest BCUT2D eigenvalue weighted by molar-refractivity contribution is 6.31. The molecule has 3 aromatic rings. The molecule has 2 aromatic carbocycles. The van der Waals surface area contributed by atoms with E-state index in [0.717, 1.165) is 11.3 Å². The van der Waals surface area contributed by atoms with Crippen molar-refractivity contribution in [3.8, 4) is 0 Å². The molecule has 4 rings (SSSR count). The van der Waals surface area contributed by atoms with E-state index in [1.807, 2.05) is 35.1 Å². The molecule has 1 fully saturated rings. The Hall–Kier alpha value is -2.87. The number of carbonyl (C=O) groups excluding carboxylic acids is 2. The molecule has 0 saturated carbocycles. The van der Waals surface area contributed by atoms with Crippen LogP contribution in [0.2, 0.25) is 10.0 Å². The van der Waals surface area contributed by atoms with Gasteiger partial charge in [-0.3, -0.25) is 14.3 Å². The monoisotopic (exact) mass is 527 g/mol. The Morgan fingerprint density at radius 3 is 2.36 bits per heavy atom. The van der Waals surface area contributed by atoms with Crippen LogP contribution in [0.25, 0.3) is 0 Å². The number of hydrogen-bond donors (Lipinski definition) is 2. The molecule has 0 aliphatic carbocycles. The van der Waals surface area contributed by atoms with Gasteiger partial charge in [0.1, 0.15) is 6.04 Å². The Balaban J connectivity index is 1.78. The molecule has 3 atom stereocenters. The van der Waals surface area contributed by atoms with Crippen molar-refractivity contribution in [1.29, 1.82) is 0 Å². The SMILES string of the molecule is CNCC(=O)N1[C@H](C(=O)Nc2cccc(Cl)c2)CC(c2ccn(C(C)(C)C)n2)[C@@H]1c1cccc(Cl)c1. The summed E-state index contributed by atoms with van der Waals surface area (Å²) < 4.78 is 1.91. The molecule has 1 unspecified atom stereocenters. The summed E-state index contributed by atoms with van der Waals surface area (Å²) in [7, 11) is 1.71. The Labute approximate surface area is 221 Å². The lowest BCUT2D eigenvalue weighted by Gasteiger charge is -2.31. The van der Waals surface area contributed by atoms with Crippen LogP contribution in [0.4, 0.5) is 5.69 Å². The number of nitrogens with zero attached hydrogens (tertiary/aromatic N) is 3. The molecule has 36 heavy (non-hydrogen) atoms. The molecule has 0 bridgehead atoms. The molecule has 1 saturated heterocycles. The van der Waals surface area contributed by atoms with Crippen LogP contribution in [-0.4, -0.2) is 46.1 Å². The molecule has 2 N–H and O–H groups in total. The third-order valence-corrected chi connectivity index (χ3v) is 6.84. The summed E-state index contributed by atoms with van der Waals surface area (Å²) in [5, 5.41) is 11.8. The van der Waals surface area contributed by atoms with Crippen LogP contribution in [0.15, 0.2) is 60.8 Å². The van der Waals surface area contributed by atoms with Gasteiger partial charge in [-0.05, 0) is 76.2 Å². The average molecular weight is 528 g/mol. The van der Waals surface area contributed by atoms with Gasteiger partial charge in [-0.15, -0.1) is 0 Å². The van der Waals surface area contributed by atoms with E-state index in [0.29, 0.717) is 22.2 Å². The number of likely N-dealkylation sites (tertiary alicyclic amines) is 1. The van der Waals surface area contributed by atoms with Crippen LogP contribution in [0.3, 0.4) is 0 Å². The second-order valence-electron chi connectivity index (χ2n) is 10.0. The van der Waals surface area contributed by atoms with E-state index in [2.05, 4.69) is 31.4 Å². The standard InChI is InChI=1S/C27H31Cl2N5O2/c1-27(2,3)33-12-11-22(32-33)21-15-23(26(36)31-20-10-6-9-19(29)14-20)34(24(35)16-30-4)25(21)17-7-5-8-18(28)13-17/h5-14,21,23,25,30H,15-16H2,1-4H3,(H,31,36)/t21?,23-,25-/m0/s1. The Kier molecular flexibility index (Phi) is 7.73. The van der Waals surface area contributed by atoms with E-state index in [9.17, 15) is 9.59 Å². The Bertz CT molecular complexity index is 1250. The van der Waals surface area contributed by atoms with E-state index in [4.69, 9.17) is 28.3 Å². The van der Waals surface area contributed by atoms with Crippen molar-refractivity contribution >= 4 is 40.7 Å². The smallest absolute Gasteiger partial charge is 0.247 e. The summed E-state index contributed by atoms with van der Waals surface area (Å²) in [4.78, 5) is 28.8. The fourth-order valence-electron chi connectivity index (χ4n) is 4.74. The highest BCUT2D eigenvalue weighted by Gasteiger charge is 2.48. The number of benzene rings is 2. The predicted octanol–water partition coefficient (Wildman–Crippen LogP) is 5.23. The Morgan fingerprint density at radius 2 is 1.75 bits per heavy atom. The fourth-order valence-corrected chi connectivity index (χ4v) is 5.13. The van der Waals surface area contributed by atoms with Gasteiger partial charge in [0, 0.05) is 27.8 Å². The minimum atomic E-state index is -0.710. The van der Waals surface area contributed by atoms with Crippen molar-refractivity contribution in [1.82, 2.24) is 20.0 Å². The molecule has 2 amide bonds. The lowest BCUT2D eigenvalue weighted by atomic mass is 9.90. The largest absolute Gasteiger partial charge is 0.324 e. The van der Waals surface area contributed by atoms with E-state index in [1.165, 1.54) is 0 Å². The maximum atomic E-state index is 13.6. The van der Waals surface area contributed by atoms with Crippen LogP contribution in [0.5, 0.6) is 0 Å². The average Bonchev–Trinajstić information content (AvgIpc) is 3.45. The summed E-state index contributed by atoms with van der Waals surface area (Å²) in [6.45, 7) is 6.34. The normalized spacial score (nSPS) is 19.9. The zero-order valence-corrected chi connectivity index (χ0v) is 22.3. The van der Waals surface area contributed by atoms with Gasteiger partial charge in [-0.1, -0.05) is 41.4 Å². The lowest BCUT2D eigenvalue weighted by molar-refractivity contribution is -0.138. The molecule has 7 nitrogen and oxygen atoms in total. The second kappa shape index (κ2) is 10.6. The van der Waals surface area contributed by atoms with Gasteiger partial charge in [0.2, 0.25) is 11.8 Å². The predicted molar refractivity (Wildman–Crippen MR) is 143 cm³/mol. The maximum absolute atomic E-state index is 13.6. The molecule has 0 radical (unpaired) electrons. The number of aromatic nitrogens is 2. The summed E-state index contributed by atoms with van der Waals surface area (Å²) in [5.41, 5.74) is 2.07. The zero-order valence-electron chi connectivity index (χ0n) is 20.8. The molecule has 2 heterocycles. The van der Waals surface area contributed by atoms with Gasteiger partial charge in [0.05, 0.1) is 23.8 Å². The molecule has 1 aliphatic heterocycles. The van der Waals surface area contributed by atoms with Gasteiger partial charge < -0.3 is 15.5 Å². The quantitative estimate of drug-likeness (QED) is 0.460.